The Kier molecular flexibility index (Phi) is 9.19. The standard InChI is InChI=1S/C31H27BrClFN2O5/c32-20-10-18(13-35-15-20)17-40-29-12-30(25(33)11-19(29)14-36-27(16-37)31(38)39)41-28-9-8-22-21(5-3-6-24(22)28)23-4-1-2-7-26(23)34/h1-7,10-13,15,27-28,36-37H,8-9,14,16-17H2,(H,38,39)/t27-,28-/m0/s1. The first-order valence-corrected chi connectivity index (χ1v) is 14.2. The predicted molar refractivity (Wildman–Crippen MR) is 157 cm³/mol. The van der Waals surface area contributed by atoms with Crippen molar-refractivity contribution in [3.05, 3.63) is 111 Å². The number of benzene rings is 3. The number of hydrogen-bond donors (Lipinski definition) is 3. The number of aromatic nitrogens is 1. The van der Waals surface area contributed by atoms with E-state index >= 15 is 0 Å². The summed E-state index contributed by atoms with van der Waals surface area (Å²) in [6.45, 7) is -0.289. The molecule has 1 aromatic heterocycles. The lowest BCUT2D eigenvalue weighted by atomic mass is 9.96. The summed E-state index contributed by atoms with van der Waals surface area (Å²) in [5.74, 6) is -0.594. The summed E-state index contributed by atoms with van der Waals surface area (Å²) in [7, 11) is 0. The van der Waals surface area contributed by atoms with E-state index in [0.717, 1.165) is 33.1 Å². The van der Waals surface area contributed by atoms with Gasteiger partial charge in [-0.2, -0.15) is 0 Å². The summed E-state index contributed by atoms with van der Waals surface area (Å²) in [5.41, 5.74) is 4.84. The zero-order valence-electron chi connectivity index (χ0n) is 21.8. The number of ether oxygens (including phenoxy) is 2. The van der Waals surface area contributed by atoms with Crippen molar-refractivity contribution < 1.29 is 28.9 Å². The third-order valence-electron chi connectivity index (χ3n) is 6.94. The van der Waals surface area contributed by atoms with Crippen LogP contribution in [0, 0.1) is 5.82 Å². The van der Waals surface area contributed by atoms with Crippen LogP contribution in [0.4, 0.5) is 4.39 Å². The summed E-state index contributed by atoms with van der Waals surface area (Å²) in [6.07, 6.45) is 4.47. The molecule has 0 amide bonds. The average Bonchev–Trinajstić information content (AvgIpc) is 3.37. The number of carboxylic acids is 1. The molecule has 41 heavy (non-hydrogen) atoms. The van der Waals surface area contributed by atoms with E-state index in [2.05, 4.69) is 26.2 Å². The highest BCUT2D eigenvalue weighted by Crippen LogP contribution is 2.43. The van der Waals surface area contributed by atoms with Crippen LogP contribution < -0.4 is 14.8 Å². The normalized spacial score (nSPS) is 14.9. The highest BCUT2D eigenvalue weighted by Gasteiger charge is 2.28. The van der Waals surface area contributed by atoms with E-state index in [0.29, 0.717) is 34.1 Å². The van der Waals surface area contributed by atoms with Crippen molar-refractivity contribution in [2.75, 3.05) is 6.61 Å². The van der Waals surface area contributed by atoms with Gasteiger partial charge in [-0.3, -0.25) is 15.1 Å². The van der Waals surface area contributed by atoms with E-state index in [9.17, 15) is 19.4 Å². The number of nitrogens with zero attached hydrogens (tertiary/aromatic N) is 1. The van der Waals surface area contributed by atoms with E-state index in [1.54, 1.807) is 36.7 Å². The number of aliphatic hydroxyl groups is 1. The molecule has 212 valence electrons. The number of carboxylic acid groups (broad SMARTS) is 1. The van der Waals surface area contributed by atoms with Gasteiger partial charge in [-0.1, -0.05) is 48.0 Å². The van der Waals surface area contributed by atoms with Gasteiger partial charge in [0.25, 0.3) is 0 Å². The zero-order chi connectivity index (χ0) is 28.9. The predicted octanol–water partition coefficient (Wildman–Crippen LogP) is 6.48. The summed E-state index contributed by atoms with van der Waals surface area (Å²) >= 11 is 10.1. The van der Waals surface area contributed by atoms with E-state index < -0.39 is 18.6 Å². The minimum absolute atomic E-state index is 0.0852. The summed E-state index contributed by atoms with van der Waals surface area (Å²) in [4.78, 5) is 15.6. The fourth-order valence-corrected chi connectivity index (χ4v) is 5.56. The Bertz CT molecular complexity index is 1570. The number of pyridine rings is 1. The van der Waals surface area contributed by atoms with Crippen LogP contribution in [-0.2, 0) is 24.4 Å². The fourth-order valence-electron chi connectivity index (χ4n) is 4.92. The Labute approximate surface area is 250 Å². The Balaban J connectivity index is 1.42. The maximum absolute atomic E-state index is 14.6. The van der Waals surface area contributed by atoms with E-state index in [1.165, 1.54) is 6.07 Å². The molecule has 5 rings (SSSR count). The molecule has 0 fully saturated rings. The number of carbonyl (C=O) groups is 1. The van der Waals surface area contributed by atoms with E-state index in [1.807, 2.05) is 30.3 Å². The number of halogens is 3. The Morgan fingerprint density at radius 1 is 1.12 bits per heavy atom. The quantitative estimate of drug-likeness (QED) is 0.172. The zero-order valence-corrected chi connectivity index (χ0v) is 24.2. The maximum atomic E-state index is 14.6. The third kappa shape index (κ3) is 6.70. The summed E-state index contributed by atoms with van der Waals surface area (Å²) in [6, 6.07) is 16.6. The van der Waals surface area contributed by atoms with Crippen molar-refractivity contribution >= 4 is 33.5 Å². The lowest BCUT2D eigenvalue weighted by Gasteiger charge is -2.20. The van der Waals surface area contributed by atoms with E-state index in [4.69, 9.17) is 21.1 Å². The van der Waals surface area contributed by atoms with Gasteiger partial charge in [0, 0.05) is 46.2 Å². The van der Waals surface area contributed by atoms with Gasteiger partial charge in [-0.05, 0) is 63.7 Å². The molecule has 1 aliphatic carbocycles. The first-order valence-electron chi connectivity index (χ1n) is 13.0. The Hall–Kier alpha value is -3.50. The summed E-state index contributed by atoms with van der Waals surface area (Å²) < 4.78 is 28.0. The first kappa shape index (κ1) is 29.0. The molecule has 3 aromatic carbocycles. The summed E-state index contributed by atoms with van der Waals surface area (Å²) in [5, 5.41) is 21.9. The number of aliphatic hydroxyl groups excluding tert-OH is 1. The molecule has 4 aromatic rings. The van der Waals surface area contributed by atoms with Crippen LogP contribution in [0.5, 0.6) is 11.5 Å². The molecular weight excluding hydrogens is 615 g/mol. The second-order valence-corrected chi connectivity index (χ2v) is 11.0. The number of hydrogen-bond acceptors (Lipinski definition) is 6. The molecule has 0 saturated heterocycles. The smallest absolute Gasteiger partial charge is 0.323 e. The first-order chi connectivity index (χ1) is 19.8. The molecule has 7 nitrogen and oxygen atoms in total. The molecular formula is C31H27BrClFN2O5. The molecule has 3 N–H and O–H groups in total. The fraction of sp³-hybridized carbons (Fsp3) is 0.226. The van der Waals surface area contributed by atoms with Crippen molar-refractivity contribution in [2.24, 2.45) is 0 Å². The molecule has 0 unspecified atom stereocenters. The van der Waals surface area contributed by atoms with Crippen LogP contribution in [-0.4, -0.2) is 33.8 Å². The molecule has 1 aliphatic rings. The van der Waals surface area contributed by atoms with Gasteiger partial charge in [-0.25, -0.2) is 4.39 Å². The second kappa shape index (κ2) is 13.0. The molecule has 2 atom stereocenters. The minimum Gasteiger partial charge on any atom is -0.488 e. The van der Waals surface area contributed by atoms with Crippen molar-refractivity contribution in [2.45, 2.75) is 38.1 Å². The van der Waals surface area contributed by atoms with Gasteiger partial charge in [0.1, 0.15) is 36.1 Å². The highest BCUT2D eigenvalue weighted by atomic mass is 79.9. The molecule has 0 bridgehead atoms. The largest absolute Gasteiger partial charge is 0.488 e. The lowest BCUT2D eigenvalue weighted by Crippen LogP contribution is -2.39. The van der Waals surface area contributed by atoms with Gasteiger partial charge in [-0.15, -0.1) is 0 Å². The van der Waals surface area contributed by atoms with Crippen LogP contribution in [0.2, 0.25) is 5.02 Å². The molecule has 0 radical (unpaired) electrons. The second-order valence-electron chi connectivity index (χ2n) is 9.64. The van der Waals surface area contributed by atoms with Crippen molar-refractivity contribution in [1.82, 2.24) is 10.3 Å². The van der Waals surface area contributed by atoms with Crippen molar-refractivity contribution in [1.29, 1.82) is 0 Å². The number of aliphatic carboxylic acids is 1. The maximum Gasteiger partial charge on any atom is 0.323 e. The van der Waals surface area contributed by atoms with Crippen molar-refractivity contribution in [3.8, 4) is 22.6 Å². The SMILES string of the molecule is O=C(O)[C@H](CO)NCc1cc(Cl)c(O[C@H]2CCc3c(-c4ccccc4F)cccc32)cc1OCc1cncc(Br)c1. The number of fused-ring (bicyclic) bond motifs is 1. The van der Waals surface area contributed by atoms with Gasteiger partial charge in [0.15, 0.2) is 0 Å². The van der Waals surface area contributed by atoms with E-state index in [-0.39, 0.29) is 25.1 Å². The highest BCUT2D eigenvalue weighted by molar-refractivity contribution is 9.10. The molecule has 0 saturated carbocycles. The number of nitrogens with one attached hydrogen (secondary N) is 1. The monoisotopic (exact) mass is 640 g/mol. The van der Waals surface area contributed by atoms with Gasteiger partial charge >= 0.3 is 5.97 Å². The number of rotatable bonds is 11. The molecule has 0 aliphatic heterocycles. The molecule has 10 heteroatoms. The Morgan fingerprint density at radius 3 is 2.68 bits per heavy atom. The minimum atomic E-state index is -1.17. The lowest BCUT2D eigenvalue weighted by molar-refractivity contribution is -0.140. The third-order valence-corrected chi connectivity index (χ3v) is 7.67. The van der Waals surface area contributed by atoms with Gasteiger partial charge in [0.2, 0.25) is 0 Å². The van der Waals surface area contributed by atoms with Crippen LogP contribution in [0.25, 0.3) is 11.1 Å². The van der Waals surface area contributed by atoms with Crippen LogP contribution in [0.1, 0.15) is 34.8 Å². The molecule has 0 spiro atoms. The van der Waals surface area contributed by atoms with Crippen LogP contribution in [0.3, 0.4) is 0 Å². The van der Waals surface area contributed by atoms with Crippen molar-refractivity contribution in [3.63, 3.8) is 0 Å². The van der Waals surface area contributed by atoms with Crippen LogP contribution in [0.15, 0.2) is 77.5 Å². The Morgan fingerprint density at radius 2 is 1.93 bits per heavy atom. The van der Waals surface area contributed by atoms with Crippen LogP contribution >= 0.6 is 27.5 Å². The van der Waals surface area contributed by atoms with Gasteiger partial charge < -0.3 is 19.7 Å². The average molecular weight is 642 g/mol. The molecule has 1 heterocycles. The van der Waals surface area contributed by atoms with Gasteiger partial charge in [0.05, 0.1) is 11.6 Å². The topological polar surface area (TPSA) is 101 Å².